The molecule has 0 aliphatic heterocycles. The van der Waals surface area contributed by atoms with E-state index in [2.05, 4.69) is 4.98 Å². The first-order valence-corrected chi connectivity index (χ1v) is 4.73. The molecule has 4 N–H and O–H groups in total. The van der Waals surface area contributed by atoms with Crippen LogP contribution >= 0.6 is 0 Å². The Kier molecular flexibility index (Phi) is 4.20. The summed E-state index contributed by atoms with van der Waals surface area (Å²) < 4.78 is 0. The lowest BCUT2D eigenvalue weighted by molar-refractivity contribution is -0.119. The molecule has 0 aliphatic carbocycles. The lowest BCUT2D eigenvalue weighted by atomic mass is 10.2. The highest BCUT2D eigenvalue weighted by Gasteiger charge is 2.12. The SMILES string of the molecule is CN(Cc1ccccn1)CC(N)C(N)=O. The van der Waals surface area contributed by atoms with Crippen molar-refractivity contribution in [1.82, 2.24) is 9.88 Å². The molecule has 0 saturated heterocycles. The number of primary amides is 1. The molecule has 0 spiro atoms. The van der Waals surface area contributed by atoms with E-state index in [1.807, 2.05) is 30.1 Å². The second-order valence-corrected chi connectivity index (χ2v) is 3.53. The van der Waals surface area contributed by atoms with E-state index < -0.39 is 11.9 Å². The third-order valence-corrected chi connectivity index (χ3v) is 2.03. The van der Waals surface area contributed by atoms with Gasteiger partial charge in [-0.05, 0) is 19.2 Å². The highest BCUT2D eigenvalue weighted by atomic mass is 16.1. The number of likely N-dealkylation sites (N-methyl/N-ethyl adjacent to an activating group) is 1. The van der Waals surface area contributed by atoms with E-state index in [4.69, 9.17) is 11.5 Å². The monoisotopic (exact) mass is 208 g/mol. The lowest BCUT2D eigenvalue weighted by Crippen LogP contribution is -2.44. The minimum atomic E-state index is -0.626. The first-order chi connectivity index (χ1) is 7.09. The quantitative estimate of drug-likeness (QED) is 0.671. The van der Waals surface area contributed by atoms with Crippen LogP contribution in [0.5, 0.6) is 0 Å². The molecule has 1 amide bonds. The third-order valence-electron chi connectivity index (χ3n) is 2.03. The Hall–Kier alpha value is -1.46. The summed E-state index contributed by atoms with van der Waals surface area (Å²) in [6, 6.07) is 5.08. The van der Waals surface area contributed by atoms with Gasteiger partial charge in [0.25, 0.3) is 0 Å². The zero-order valence-electron chi connectivity index (χ0n) is 8.76. The van der Waals surface area contributed by atoms with Crippen LogP contribution in [0.4, 0.5) is 0 Å². The maximum atomic E-state index is 10.7. The van der Waals surface area contributed by atoms with Crippen molar-refractivity contribution < 1.29 is 4.79 Å². The first kappa shape index (κ1) is 11.6. The number of amides is 1. The van der Waals surface area contributed by atoms with Gasteiger partial charge in [0.05, 0.1) is 11.7 Å². The van der Waals surface area contributed by atoms with E-state index in [-0.39, 0.29) is 0 Å². The molecule has 0 bridgehead atoms. The second-order valence-electron chi connectivity index (χ2n) is 3.53. The minimum Gasteiger partial charge on any atom is -0.368 e. The van der Waals surface area contributed by atoms with Gasteiger partial charge in [0.15, 0.2) is 0 Å². The van der Waals surface area contributed by atoms with Crippen LogP contribution in [0, 0.1) is 0 Å². The zero-order chi connectivity index (χ0) is 11.3. The summed E-state index contributed by atoms with van der Waals surface area (Å²) in [6.45, 7) is 1.09. The predicted molar refractivity (Wildman–Crippen MR) is 57.7 cm³/mol. The number of nitrogens with two attached hydrogens (primary N) is 2. The molecule has 1 atom stereocenters. The second kappa shape index (κ2) is 5.43. The van der Waals surface area contributed by atoms with E-state index in [0.29, 0.717) is 13.1 Å². The average molecular weight is 208 g/mol. The Morgan fingerprint density at radius 2 is 2.33 bits per heavy atom. The van der Waals surface area contributed by atoms with Crippen LogP contribution in [-0.2, 0) is 11.3 Å². The van der Waals surface area contributed by atoms with Crippen LogP contribution < -0.4 is 11.5 Å². The van der Waals surface area contributed by atoms with Gasteiger partial charge in [0, 0.05) is 19.3 Å². The fourth-order valence-corrected chi connectivity index (χ4v) is 1.26. The first-order valence-electron chi connectivity index (χ1n) is 4.73. The van der Waals surface area contributed by atoms with Crippen LogP contribution in [0.2, 0.25) is 0 Å². The van der Waals surface area contributed by atoms with Gasteiger partial charge in [0.1, 0.15) is 0 Å². The summed E-state index contributed by atoms with van der Waals surface area (Å²) in [5.41, 5.74) is 11.5. The van der Waals surface area contributed by atoms with E-state index in [9.17, 15) is 4.79 Å². The van der Waals surface area contributed by atoms with Crippen LogP contribution in [0.15, 0.2) is 24.4 Å². The Morgan fingerprint density at radius 3 is 2.87 bits per heavy atom. The van der Waals surface area contributed by atoms with Gasteiger partial charge in [-0.2, -0.15) is 0 Å². The molecular weight excluding hydrogens is 192 g/mol. The van der Waals surface area contributed by atoms with Crippen LogP contribution in [-0.4, -0.2) is 35.4 Å². The van der Waals surface area contributed by atoms with Crippen LogP contribution in [0.3, 0.4) is 0 Å². The van der Waals surface area contributed by atoms with Crippen molar-refractivity contribution in [2.75, 3.05) is 13.6 Å². The number of pyridine rings is 1. The van der Waals surface area contributed by atoms with E-state index >= 15 is 0 Å². The number of hydrogen-bond acceptors (Lipinski definition) is 4. The number of aromatic nitrogens is 1. The van der Waals surface area contributed by atoms with Gasteiger partial charge in [-0.25, -0.2) is 0 Å². The number of hydrogen-bond donors (Lipinski definition) is 2. The van der Waals surface area contributed by atoms with E-state index in [1.165, 1.54) is 0 Å². The molecule has 5 nitrogen and oxygen atoms in total. The molecule has 1 heterocycles. The predicted octanol–water partition coefficient (Wildman–Crippen LogP) is -0.674. The Morgan fingerprint density at radius 1 is 1.60 bits per heavy atom. The Labute approximate surface area is 89.1 Å². The van der Waals surface area contributed by atoms with Crippen molar-refractivity contribution in [3.8, 4) is 0 Å². The summed E-state index contributed by atoms with van der Waals surface area (Å²) in [5.74, 6) is -0.483. The third kappa shape index (κ3) is 4.05. The van der Waals surface area contributed by atoms with Crippen molar-refractivity contribution in [1.29, 1.82) is 0 Å². The normalized spacial score (nSPS) is 12.7. The van der Waals surface area contributed by atoms with Crippen molar-refractivity contribution in [2.24, 2.45) is 11.5 Å². The van der Waals surface area contributed by atoms with Gasteiger partial charge in [0.2, 0.25) is 5.91 Å². The molecule has 1 rings (SSSR count). The van der Waals surface area contributed by atoms with Crippen molar-refractivity contribution in [2.45, 2.75) is 12.6 Å². The maximum Gasteiger partial charge on any atom is 0.235 e. The van der Waals surface area contributed by atoms with Gasteiger partial charge < -0.3 is 11.5 Å². The van der Waals surface area contributed by atoms with Crippen molar-refractivity contribution in [3.05, 3.63) is 30.1 Å². The largest absolute Gasteiger partial charge is 0.368 e. The molecule has 0 saturated carbocycles. The van der Waals surface area contributed by atoms with Crippen LogP contribution in [0.25, 0.3) is 0 Å². The lowest BCUT2D eigenvalue weighted by Gasteiger charge is -2.18. The molecule has 1 unspecified atom stereocenters. The Bertz CT molecular complexity index is 314. The van der Waals surface area contributed by atoms with Gasteiger partial charge >= 0.3 is 0 Å². The number of carbonyl (C=O) groups is 1. The molecule has 0 aromatic carbocycles. The summed E-state index contributed by atoms with van der Waals surface area (Å²) in [7, 11) is 1.87. The number of rotatable bonds is 5. The fourth-order valence-electron chi connectivity index (χ4n) is 1.26. The Balaban J connectivity index is 2.43. The van der Waals surface area contributed by atoms with Crippen LogP contribution in [0.1, 0.15) is 5.69 Å². The molecule has 0 fully saturated rings. The fraction of sp³-hybridized carbons (Fsp3) is 0.400. The minimum absolute atomic E-state index is 0.436. The summed E-state index contributed by atoms with van der Waals surface area (Å²) in [6.07, 6.45) is 1.73. The molecule has 15 heavy (non-hydrogen) atoms. The molecule has 5 heteroatoms. The average Bonchev–Trinajstić information content (AvgIpc) is 2.18. The van der Waals surface area contributed by atoms with E-state index in [1.54, 1.807) is 6.20 Å². The summed E-state index contributed by atoms with van der Waals surface area (Å²) in [4.78, 5) is 16.8. The highest BCUT2D eigenvalue weighted by molar-refractivity contribution is 5.79. The number of carbonyl (C=O) groups excluding carboxylic acids is 1. The highest BCUT2D eigenvalue weighted by Crippen LogP contribution is 1.98. The van der Waals surface area contributed by atoms with Crippen molar-refractivity contribution >= 4 is 5.91 Å². The molecule has 1 aromatic rings. The molecular formula is C10H16N4O. The summed E-state index contributed by atoms with van der Waals surface area (Å²) >= 11 is 0. The molecule has 0 aliphatic rings. The summed E-state index contributed by atoms with van der Waals surface area (Å²) in [5, 5.41) is 0. The van der Waals surface area contributed by atoms with Gasteiger partial charge in [-0.1, -0.05) is 6.07 Å². The van der Waals surface area contributed by atoms with E-state index in [0.717, 1.165) is 5.69 Å². The smallest absolute Gasteiger partial charge is 0.235 e. The molecule has 82 valence electrons. The van der Waals surface area contributed by atoms with Gasteiger partial charge in [-0.15, -0.1) is 0 Å². The zero-order valence-corrected chi connectivity index (χ0v) is 8.76. The standard InChI is InChI=1S/C10H16N4O/c1-14(7-9(11)10(12)15)6-8-4-2-3-5-13-8/h2-5,9H,6-7,11H2,1H3,(H2,12,15). The molecule has 1 aromatic heterocycles. The maximum absolute atomic E-state index is 10.7. The molecule has 0 radical (unpaired) electrons. The topological polar surface area (TPSA) is 85.2 Å². The van der Waals surface area contributed by atoms with Gasteiger partial charge in [-0.3, -0.25) is 14.7 Å². The number of nitrogens with zero attached hydrogens (tertiary/aromatic N) is 2. The van der Waals surface area contributed by atoms with Crippen molar-refractivity contribution in [3.63, 3.8) is 0 Å².